The molecule has 4 aliphatic heterocycles. The molecule has 8 rings (SSSR count). The fraction of sp³-hybridized carbons (Fsp3) is 0.925. The van der Waals surface area contributed by atoms with Crippen LogP contribution in [-0.4, -0.2) is 109 Å². The van der Waals surface area contributed by atoms with Crippen LogP contribution < -0.4 is 5.32 Å². The number of piperazine rings is 1. The van der Waals surface area contributed by atoms with Gasteiger partial charge in [0, 0.05) is 75.4 Å². The highest BCUT2D eigenvalue weighted by atomic mass is 16.7. The second-order valence-corrected chi connectivity index (χ2v) is 18.5. The van der Waals surface area contributed by atoms with Crippen LogP contribution in [0.4, 0.5) is 0 Å². The topological polar surface area (TPSA) is 91.4 Å². The molecule has 4 saturated heterocycles. The van der Waals surface area contributed by atoms with Crippen molar-refractivity contribution >= 4 is 17.6 Å². The smallest absolute Gasteiger partial charge is 0.232 e. The minimum absolute atomic E-state index is 0.0308. The Morgan fingerprint density at radius 1 is 0.878 bits per heavy atom. The summed E-state index contributed by atoms with van der Waals surface area (Å²) in [4.78, 5) is 47.6. The van der Waals surface area contributed by atoms with Gasteiger partial charge in [-0.3, -0.25) is 19.3 Å². The van der Waals surface area contributed by atoms with Crippen LogP contribution in [0.3, 0.4) is 0 Å². The SMILES string of the molecule is C[C@@H]1CC[C@@]2(OC1)O[C@H]1C[C@H]3[C@@H]4CC[C@H]5CC(NC(=O)CC(=O)N6CCN(CCN7CCCC7)CC6)CC[C@]5(C)[C@H]4CC(=O)[C@]3(C)[C@H]1[C@@H]2C. The van der Waals surface area contributed by atoms with Crippen molar-refractivity contribution in [1.29, 1.82) is 0 Å². The minimum Gasteiger partial charge on any atom is -0.353 e. The molecule has 9 heteroatoms. The number of fused-ring (bicyclic) bond motifs is 7. The molecule has 8 fully saturated rings. The Morgan fingerprint density at radius 2 is 1.61 bits per heavy atom. The number of nitrogens with zero attached hydrogens (tertiary/aromatic N) is 3. The molecular weight excluding hydrogens is 616 g/mol. The van der Waals surface area contributed by atoms with Gasteiger partial charge in [-0.25, -0.2) is 0 Å². The van der Waals surface area contributed by atoms with Gasteiger partial charge in [0.25, 0.3) is 0 Å². The molecule has 0 bridgehead atoms. The van der Waals surface area contributed by atoms with E-state index in [0.29, 0.717) is 41.8 Å². The third kappa shape index (κ3) is 5.93. The van der Waals surface area contributed by atoms with E-state index in [0.717, 1.165) is 84.4 Å². The van der Waals surface area contributed by atoms with Crippen molar-refractivity contribution < 1.29 is 23.9 Å². The molecule has 0 radical (unpaired) electrons. The average Bonchev–Trinajstić information content (AvgIpc) is 3.78. The predicted molar refractivity (Wildman–Crippen MR) is 187 cm³/mol. The molecule has 2 amide bonds. The highest BCUT2D eigenvalue weighted by Gasteiger charge is 2.71. The number of likely N-dealkylation sites (tertiary alicyclic amines) is 1. The molecule has 4 heterocycles. The van der Waals surface area contributed by atoms with Gasteiger partial charge in [-0.15, -0.1) is 0 Å². The van der Waals surface area contributed by atoms with Crippen LogP contribution in [0.5, 0.6) is 0 Å². The van der Waals surface area contributed by atoms with E-state index in [2.05, 4.69) is 42.8 Å². The Bertz CT molecular complexity index is 1270. The maximum absolute atomic E-state index is 14.4. The lowest BCUT2D eigenvalue weighted by atomic mass is 9.44. The van der Waals surface area contributed by atoms with Crippen molar-refractivity contribution in [2.75, 3.05) is 59.0 Å². The number of nitrogens with one attached hydrogen (secondary N) is 1. The lowest BCUT2D eigenvalue weighted by molar-refractivity contribution is -0.272. The molecular formula is C40H64N4O5. The van der Waals surface area contributed by atoms with E-state index in [-0.39, 0.29) is 53.0 Å². The molecule has 0 aromatic heterocycles. The van der Waals surface area contributed by atoms with Crippen molar-refractivity contribution in [2.45, 2.75) is 123 Å². The molecule has 274 valence electrons. The molecule has 9 nitrogen and oxygen atoms in total. The Labute approximate surface area is 294 Å². The summed E-state index contributed by atoms with van der Waals surface area (Å²) >= 11 is 0. The second kappa shape index (κ2) is 13.1. The summed E-state index contributed by atoms with van der Waals surface area (Å²) in [6, 6.07) is 0.122. The number of ketones is 1. The zero-order chi connectivity index (χ0) is 34.1. The van der Waals surface area contributed by atoms with E-state index in [1.807, 2.05) is 4.90 Å². The average molecular weight is 681 g/mol. The summed E-state index contributed by atoms with van der Waals surface area (Å²) in [6.07, 6.45) is 11.8. The van der Waals surface area contributed by atoms with Crippen molar-refractivity contribution in [3.63, 3.8) is 0 Å². The van der Waals surface area contributed by atoms with Crippen molar-refractivity contribution in [3.8, 4) is 0 Å². The molecule has 0 aromatic carbocycles. The number of Topliss-reactive ketones (excluding diaryl/α,β-unsaturated/α-hetero) is 1. The fourth-order valence-corrected chi connectivity index (χ4v) is 13.1. The maximum atomic E-state index is 14.4. The number of amides is 2. The highest BCUT2D eigenvalue weighted by Crippen LogP contribution is 2.70. The Kier molecular flexibility index (Phi) is 9.26. The van der Waals surface area contributed by atoms with E-state index in [9.17, 15) is 14.4 Å². The normalized spacial score (nSPS) is 47.1. The first-order chi connectivity index (χ1) is 23.5. The molecule has 4 aliphatic carbocycles. The summed E-state index contributed by atoms with van der Waals surface area (Å²) in [6.45, 7) is 18.0. The van der Waals surface area contributed by atoms with Gasteiger partial charge in [-0.05, 0) is 106 Å². The minimum atomic E-state index is -0.494. The predicted octanol–water partition coefficient (Wildman–Crippen LogP) is 4.73. The first-order valence-corrected chi connectivity index (χ1v) is 20.4. The van der Waals surface area contributed by atoms with Gasteiger partial charge >= 0.3 is 0 Å². The van der Waals surface area contributed by atoms with Crippen molar-refractivity contribution in [2.24, 2.45) is 52.3 Å². The van der Waals surface area contributed by atoms with Crippen LogP contribution in [0.15, 0.2) is 0 Å². The lowest BCUT2D eigenvalue weighted by Gasteiger charge is -2.60. The van der Waals surface area contributed by atoms with E-state index >= 15 is 0 Å². The molecule has 12 atom stereocenters. The quantitative estimate of drug-likeness (QED) is 0.406. The molecule has 1 unspecified atom stereocenters. The first-order valence-electron chi connectivity index (χ1n) is 20.4. The molecule has 1 N–H and O–H groups in total. The van der Waals surface area contributed by atoms with Crippen LogP contribution in [0.2, 0.25) is 0 Å². The van der Waals surface area contributed by atoms with E-state index in [4.69, 9.17) is 9.47 Å². The van der Waals surface area contributed by atoms with Gasteiger partial charge in [-0.1, -0.05) is 27.7 Å². The van der Waals surface area contributed by atoms with Crippen LogP contribution in [0.1, 0.15) is 105 Å². The first kappa shape index (κ1) is 34.5. The summed E-state index contributed by atoms with van der Waals surface area (Å²) < 4.78 is 13.4. The fourth-order valence-electron chi connectivity index (χ4n) is 13.1. The standard InChI is InChI=1S/C40H64N4O5/c1-26-9-12-40(48-25-26)27(2)37-33(49-40)22-32-30-8-7-28-21-29(10-11-38(28,3)31(30)23-34(45)39(32,37)4)41-35(46)24-36(47)44-19-17-43(18-20-44)16-15-42-13-5-6-14-42/h26-33,37H,5-25H2,1-4H3,(H,41,46)/t26-,27+,28+,29?,30-,31+,32+,33+,37+,38+,39-,40-/m1/s1. The van der Waals surface area contributed by atoms with Crippen LogP contribution in [-0.2, 0) is 23.9 Å². The largest absolute Gasteiger partial charge is 0.353 e. The monoisotopic (exact) mass is 680 g/mol. The van der Waals surface area contributed by atoms with Gasteiger partial charge in [0.05, 0.1) is 12.7 Å². The number of carbonyl (C=O) groups is 3. The Hall–Kier alpha value is -1.55. The van der Waals surface area contributed by atoms with E-state index in [1.165, 1.54) is 38.8 Å². The van der Waals surface area contributed by atoms with Crippen LogP contribution in [0, 0.1) is 52.3 Å². The van der Waals surface area contributed by atoms with Gasteiger partial charge in [-0.2, -0.15) is 0 Å². The molecule has 8 aliphatic rings. The molecule has 0 aromatic rings. The van der Waals surface area contributed by atoms with Gasteiger partial charge in [0.15, 0.2) is 5.79 Å². The Morgan fingerprint density at radius 3 is 2.33 bits per heavy atom. The second-order valence-electron chi connectivity index (χ2n) is 18.5. The van der Waals surface area contributed by atoms with Gasteiger partial charge in [0.1, 0.15) is 12.2 Å². The highest BCUT2D eigenvalue weighted by molar-refractivity contribution is 5.97. The maximum Gasteiger partial charge on any atom is 0.232 e. The number of rotatable bonds is 6. The van der Waals surface area contributed by atoms with Crippen LogP contribution >= 0.6 is 0 Å². The number of hydrogen-bond donors (Lipinski definition) is 1. The van der Waals surface area contributed by atoms with Gasteiger partial charge in [0.2, 0.25) is 11.8 Å². The summed E-state index contributed by atoms with van der Waals surface area (Å²) in [5, 5.41) is 3.29. The van der Waals surface area contributed by atoms with Crippen LogP contribution in [0.25, 0.3) is 0 Å². The Balaban J connectivity index is 0.838. The molecule has 4 saturated carbocycles. The van der Waals surface area contributed by atoms with E-state index in [1.54, 1.807) is 0 Å². The summed E-state index contributed by atoms with van der Waals surface area (Å²) in [7, 11) is 0. The third-order valence-electron chi connectivity index (χ3n) is 16.1. The zero-order valence-corrected chi connectivity index (χ0v) is 30.9. The zero-order valence-electron chi connectivity index (χ0n) is 30.9. The number of hydrogen-bond acceptors (Lipinski definition) is 7. The van der Waals surface area contributed by atoms with Gasteiger partial charge < -0.3 is 24.6 Å². The lowest BCUT2D eigenvalue weighted by Crippen LogP contribution is -2.59. The van der Waals surface area contributed by atoms with Crippen molar-refractivity contribution in [1.82, 2.24) is 20.0 Å². The van der Waals surface area contributed by atoms with Crippen molar-refractivity contribution in [3.05, 3.63) is 0 Å². The number of carbonyl (C=O) groups excluding carboxylic acids is 3. The summed E-state index contributed by atoms with van der Waals surface area (Å²) in [5.41, 5.74) is -0.193. The van der Waals surface area contributed by atoms with E-state index < -0.39 is 5.79 Å². The molecule has 49 heavy (non-hydrogen) atoms. The summed E-state index contributed by atoms with van der Waals surface area (Å²) in [5.74, 6) is 2.79. The third-order valence-corrected chi connectivity index (χ3v) is 16.1. The molecule has 1 spiro atoms. The number of ether oxygens (including phenoxy) is 2.